The van der Waals surface area contributed by atoms with Gasteiger partial charge < -0.3 is 19.5 Å². The molecule has 1 aromatic rings. The van der Waals surface area contributed by atoms with Crippen LogP contribution in [0.25, 0.3) is 0 Å². The summed E-state index contributed by atoms with van der Waals surface area (Å²) < 4.78 is 10.8. The summed E-state index contributed by atoms with van der Waals surface area (Å²) in [5.74, 6) is 0.898. The third-order valence-electron chi connectivity index (χ3n) is 5.38. The van der Waals surface area contributed by atoms with Crippen LogP contribution in [0.3, 0.4) is 0 Å². The zero-order chi connectivity index (χ0) is 18.1. The smallest absolute Gasteiger partial charge is 0.410 e. The van der Waals surface area contributed by atoms with Crippen molar-refractivity contribution in [2.24, 2.45) is 5.41 Å². The molecule has 6 nitrogen and oxygen atoms in total. The minimum atomic E-state index is -0.423. The highest BCUT2D eigenvalue weighted by Crippen LogP contribution is 2.44. The molecule has 1 amide bonds. The molecule has 25 heavy (non-hydrogen) atoms. The second-order valence-corrected chi connectivity index (χ2v) is 8.74. The summed E-state index contributed by atoms with van der Waals surface area (Å²) in [5, 5.41) is 7.51. The van der Waals surface area contributed by atoms with Gasteiger partial charge in [0.1, 0.15) is 5.60 Å². The molecule has 2 fully saturated rings. The SMILES string of the molecule is Cc1cc(CNC2CCC3(CC2)CCN(C(=O)OC(C)(C)C)C3)on1. The molecular formula is C19H31N3O3. The van der Waals surface area contributed by atoms with E-state index >= 15 is 0 Å². The highest BCUT2D eigenvalue weighted by Gasteiger charge is 2.43. The highest BCUT2D eigenvalue weighted by molar-refractivity contribution is 5.68. The first-order valence-corrected chi connectivity index (χ1v) is 9.38. The van der Waals surface area contributed by atoms with Gasteiger partial charge in [0.25, 0.3) is 0 Å². The minimum absolute atomic E-state index is 0.162. The largest absolute Gasteiger partial charge is 0.444 e. The van der Waals surface area contributed by atoms with Crippen LogP contribution in [0, 0.1) is 12.3 Å². The molecule has 140 valence electrons. The van der Waals surface area contributed by atoms with E-state index in [1.807, 2.05) is 38.7 Å². The molecule has 0 aromatic carbocycles. The monoisotopic (exact) mass is 349 g/mol. The fourth-order valence-electron chi connectivity index (χ4n) is 4.00. The molecule has 2 aliphatic rings. The Kier molecular flexibility index (Phi) is 5.09. The molecule has 0 atom stereocenters. The second-order valence-electron chi connectivity index (χ2n) is 8.74. The molecule has 2 heterocycles. The zero-order valence-corrected chi connectivity index (χ0v) is 15.9. The Hall–Kier alpha value is -1.56. The lowest BCUT2D eigenvalue weighted by Gasteiger charge is -2.37. The van der Waals surface area contributed by atoms with Gasteiger partial charge in [-0.3, -0.25) is 0 Å². The molecule has 0 bridgehead atoms. The van der Waals surface area contributed by atoms with Crippen molar-refractivity contribution in [2.75, 3.05) is 13.1 Å². The summed E-state index contributed by atoms with van der Waals surface area (Å²) in [6, 6.07) is 2.50. The van der Waals surface area contributed by atoms with Gasteiger partial charge >= 0.3 is 6.09 Å². The number of aryl methyl sites for hydroxylation is 1. The van der Waals surface area contributed by atoms with Gasteiger partial charge in [-0.2, -0.15) is 0 Å². The average Bonchev–Trinajstić information content (AvgIpc) is 3.12. The maximum Gasteiger partial charge on any atom is 0.410 e. The topological polar surface area (TPSA) is 67.6 Å². The fraction of sp³-hybridized carbons (Fsp3) is 0.789. The van der Waals surface area contributed by atoms with Crippen LogP contribution < -0.4 is 5.32 Å². The van der Waals surface area contributed by atoms with E-state index in [4.69, 9.17) is 9.26 Å². The number of likely N-dealkylation sites (tertiary alicyclic amines) is 1. The first-order chi connectivity index (χ1) is 11.7. The van der Waals surface area contributed by atoms with Gasteiger partial charge in [0.2, 0.25) is 0 Å². The van der Waals surface area contributed by atoms with Crippen molar-refractivity contribution >= 4 is 6.09 Å². The Morgan fingerprint density at radius 3 is 2.72 bits per heavy atom. The molecule has 1 aromatic heterocycles. The van der Waals surface area contributed by atoms with E-state index in [-0.39, 0.29) is 11.5 Å². The molecule has 0 radical (unpaired) electrons. The second kappa shape index (κ2) is 6.98. The van der Waals surface area contributed by atoms with Crippen molar-refractivity contribution in [2.45, 2.75) is 78.0 Å². The van der Waals surface area contributed by atoms with Gasteiger partial charge in [0.15, 0.2) is 5.76 Å². The molecule has 1 N–H and O–H groups in total. The summed E-state index contributed by atoms with van der Waals surface area (Å²) in [5.41, 5.74) is 0.790. The van der Waals surface area contributed by atoms with Gasteiger partial charge in [-0.25, -0.2) is 4.79 Å². The number of rotatable bonds is 3. The Balaban J connectivity index is 1.45. The van der Waals surface area contributed by atoms with E-state index in [9.17, 15) is 4.79 Å². The number of nitrogens with zero attached hydrogens (tertiary/aromatic N) is 2. The van der Waals surface area contributed by atoms with Crippen molar-refractivity contribution in [1.29, 1.82) is 0 Å². The zero-order valence-electron chi connectivity index (χ0n) is 15.9. The van der Waals surface area contributed by atoms with Crippen molar-refractivity contribution in [1.82, 2.24) is 15.4 Å². The number of hydrogen-bond donors (Lipinski definition) is 1. The average molecular weight is 349 g/mol. The molecule has 1 aliphatic heterocycles. The van der Waals surface area contributed by atoms with Crippen LogP contribution in [0.15, 0.2) is 10.6 Å². The van der Waals surface area contributed by atoms with Gasteiger partial charge in [0, 0.05) is 25.2 Å². The molecule has 1 saturated carbocycles. The first-order valence-electron chi connectivity index (χ1n) is 9.38. The fourth-order valence-corrected chi connectivity index (χ4v) is 4.00. The first kappa shape index (κ1) is 18.2. The van der Waals surface area contributed by atoms with Crippen LogP contribution in [0.4, 0.5) is 4.79 Å². The van der Waals surface area contributed by atoms with Gasteiger partial charge in [-0.1, -0.05) is 5.16 Å². The van der Waals surface area contributed by atoms with E-state index in [1.54, 1.807) is 0 Å². The Labute approximate surface area is 150 Å². The van der Waals surface area contributed by atoms with Crippen LogP contribution in [-0.4, -0.2) is 40.9 Å². The lowest BCUT2D eigenvalue weighted by atomic mass is 9.72. The number of carbonyl (C=O) groups is 1. The maximum absolute atomic E-state index is 12.3. The predicted molar refractivity (Wildman–Crippen MR) is 95.2 cm³/mol. The van der Waals surface area contributed by atoms with E-state index in [1.165, 1.54) is 12.8 Å². The third-order valence-corrected chi connectivity index (χ3v) is 5.38. The van der Waals surface area contributed by atoms with Gasteiger partial charge in [0.05, 0.1) is 12.2 Å². The number of hydrogen-bond acceptors (Lipinski definition) is 5. The molecule has 1 aliphatic carbocycles. The van der Waals surface area contributed by atoms with Crippen molar-refractivity contribution in [3.63, 3.8) is 0 Å². The minimum Gasteiger partial charge on any atom is -0.444 e. The molecule has 6 heteroatoms. The Morgan fingerprint density at radius 2 is 2.12 bits per heavy atom. The van der Waals surface area contributed by atoms with Gasteiger partial charge in [-0.05, 0) is 65.2 Å². The molecule has 3 rings (SSSR count). The Bertz CT molecular complexity index is 597. The molecule has 0 unspecified atom stereocenters. The maximum atomic E-state index is 12.3. The Morgan fingerprint density at radius 1 is 1.40 bits per heavy atom. The van der Waals surface area contributed by atoms with E-state index in [2.05, 4.69) is 10.5 Å². The van der Waals surface area contributed by atoms with Crippen LogP contribution in [0.1, 0.15) is 64.3 Å². The summed E-state index contributed by atoms with van der Waals surface area (Å²) >= 11 is 0. The third kappa shape index (κ3) is 4.75. The number of carbonyl (C=O) groups excluding carboxylic acids is 1. The molecule has 1 spiro atoms. The summed E-state index contributed by atoms with van der Waals surface area (Å²) in [7, 11) is 0. The summed E-state index contributed by atoms with van der Waals surface area (Å²) in [4.78, 5) is 14.2. The number of aromatic nitrogens is 1. The van der Waals surface area contributed by atoms with E-state index in [0.29, 0.717) is 6.04 Å². The normalized spacial score (nSPS) is 27.0. The quantitative estimate of drug-likeness (QED) is 0.902. The molecular weight excluding hydrogens is 318 g/mol. The predicted octanol–water partition coefficient (Wildman–Crippen LogP) is 3.64. The lowest BCUT2D eigenvalue weighted by Crippen LogP contribution is -2.40. The van der Waals surface area contributed by atoms with E-state index in [0.717, 1.165) is 50.4 Å². The van der Waals surface area contributed by atoms with Crippen LogP contribution >= 0.6 is 0 Å². The standard InChI is InChI=1S/C19H31N3O3/c1-14-11-16(25-21-14)12-20-15-5-7-19(8-6-15)9-10-22(13-19)17(23)24-18(2,3)4/h11,15,20H,5-10,12-13H2,1-4H3. The highest BCUT2D eigenvalue weighted by atomic mass is 16.6. The van der Waals surface area contributed by atoms with Crippen molar-refractivity contribution in [3.05, 3.63) is 17.5 Å². The van der Waals surface area contributed by atoms with Crippen molar-refractivity contribution < 1.29 is 14.1 Å². The van der Waals surface area contributed by atoms with Crippen LogP contribution in [0.2, 0.25) is 0 Å². The molecule has 1 saturated heterocycles. The van der Waals surface area contributed by atoms with Gasteiger partial charge in [-0.15, -0.1) is 0 Å². The van der Waals surface area contributed by atoms with E-state index < -0.39 is 5.60 Å². The summed E-state index contributed by atoms with van der Waals surface area (Å²) in [6.07, 6.45) is 5.56. The summed E-state index contributed by atoms with van der Waals surface area (Å²) in [6.45, 7) is 10.1. The van der Waals surface area contributed by atoms with Crippen LogP contribution in [0.5, 0.6) is 0 Å². The number of nitrogens with one attached hydrogen (secondary N) is 1. The van der Waals surface area contributed by atoms with Crippen LogP contribution in [-0.2, 0) is 11.3 Å². The lowest BCUT2D eigenvalue weighted by molar-refractivity contribution is 0.0259. The van der Waals surface area contributed by atoms with Crippen molar-refractivity contribution in [3.8, 4) is 0 Å². The number of amides is 1. The number of ether oxygens (including phenoxy) is 1.